The standard InChI is InChI=1S/C26H26N4O4S/c1-17-10-13-20(14-11-17)28-35(33,34)22-15-12-18(2)23(16-22)25(31)27-24-19(3)29(4)30(26(24)32)21-8-6-5-7-9-21/h5-16,28H,1-4H3,(H,27,31). The number of aromatic nitrogens is 2. The molecule has 0 aliphatic carbocycles. The second kappa shape index (κ2) is 9.27. The zero-order chi connectivity index (χ0) is 25.3. The van der Waals surface area contributed by atoms with Crippen LogP contribution in [0.4, 0.5) is 11.4 Å². The Labute approximate surface area is 203 Å². The van der Waals surface area contributed by atoms with Crippen molar-refractivity contribution in [1.82, 2.24) is 9.36 Å². The SMILES string of the molecule is Cc1ccc(NS(=O)(=O)c2ccc(C)c(C(=O)Nc3c(C)n(C)n(-c4ccccc4)c3=O)c2)cc1. The first-order valence-corrected chi connectivity index (χ1v) is 12.4. The summed E-state index contributed by atoms with van der Waals surface area (Å²) in [5, 5.41) is 2.69. The maximum Gasteiger partial charge on any atom is 0.295 e. The van der Waals surface area contributed by atoms with Crippen molar-refractivity contribution in [3.63, 3.8) is 0 Å². The number of benzene rings is 3. The molecule has 0 unspecified atom stereocenters. The van der Waals surface area contributed by atoms with Gasteiger partial charge < -0.3 is 5.32 Å². The van der Waals surface area contributed by atoms with Crippen LogP contribution in [-0.2, 0) is 17.1 Å². The zero-order valence-electron chi connectivity index (χ0n) is 19.9. The number of nitrogens with zero attached hydrogens (tertiary/aromatic N) is 2. The van der Waals surface area contributed by atoms with E-state index in [4.69, 9.17) is 0 Å². The number of rotatable bonds is 6. The molecule has 0 saturated carbocycles. The molecular weight excluding hydrogens is 464 g/mol. The van der Waals surface area contributed by atoms with Gasteiger partial charge in [-0.25, -0.2) is 13.1 Å². The van der Waals surface area contributed by atoms with Gasteiger partial charge >= 0.3 is 0 Å². The fourth-order valence-corrected chi connectivity index (χ4v) is 4.83. The number of para-hydroxylation sites is 1. The molecule has 180 valence electrons. The van der Waals surface area contributed by atoms with E-state index >= 15 is 0 Å². The van der Waals surface area contributed by atoms with E-state index in [1.807, 2.05) is 25.1 Å². The zero-order valence-corrected chi connectivity index (χ0v) is 20.7. The Morgan fingerprint density at radius 1 is 0.886 bits per heavy atom. The second-order valence-electron chi connectivity index (χ2n) is 8.34. The second-order valence-corrected chi connectivity index (χ2v) is 10.0. The normalized spacial score (nSPS) is 11.3. The maximum atomic E-state index is 13.2. The highest BCUT2D eigenvalue weighted by Gasteiger charge is 2.22. The third-order valence-corrected chi connectivity index (χ3v) is 7.24. The minimum absolute atomic E-state index is 0.0553. The van der Waals surface area contributed by atoms with Crippen LogP contribution in [0.2, 0.25) is 0 Å². The molecule has 0 aliphatic heterocycles. The van der Waals surface area contributed by atoms with Crippen molar-refractivity contribution in [2.45, 2.75) is 25.7 Å². The van der Waals surface area contributed by atoms with Gasteiger partial charge in [-0.3, -0.25) is 19.0 Å². The molecule has 0 spiro atoms. The Morgan fingerprint density at radius 3 is 2.20 bits per heavy atom. The van der Waals surface area contributed by atoms with Crippen LogP contribution in [0, 0.1) is 20.8 Å². The molecule has 2 N–H and O–H groups in total. The van der Waals surface area contributed by atoms with Gasteiger partial charge in [-0.1, -0.05) is 42.0 Å². The minimum Gasteiger partial charge on any atom is -0.316 e. The van der Waals surface area contributed by atoms with Crippen molar-refractivity contribution in [1.29, 1.82) is 0 Å². The van der Waals surface area contributed by atoms with Crippen LogP contribution >= 0.6 is 0 Å². The van der Waals surface area contributed by atoms with Crippen molar-refractivity contribution in [2.75, 3.05) is 10.0 Å². The van der Waals surface area contributed by atoms with Gasteiger partial charge in [0.25, 0.3) is 21.5 Å². The van der Waals surface area contributed by atoms with Crippen LogP contribution < -0.4 is 15.6 Å². The summed E-state index contributed by atoms with van der Waals surface area (Å²) in [5.74, 6) is -0.569. The lowest BCUT2D eigenvalue weighted by molar-refractivity contribution is 0.102. The third-order valence-electron chi connectivity index (χ3n) is 5.86. The number of sulfonamides is 1. The van der Waals surface area contributed by atoms with E-state index in [9.17, 15) is 18.0 Å². The Bertz CT molecular complexity index is 1570. The molecule has 8 nitrogen and oxygen atoms in total. The van der Waals surface area contributed by atoms with E-state index in [0.717, 1.165) is 5.56 Å². The van der Waals surface area contributed by atoms with E-state index in [1.54, 1.807) is 68.0 Å². The lowest BCUT2D eigenvalue weighted by atomic mass is 10.1. The van der Waals surface area contributed by atoms with Gasteiger partial charge in [0.05, 0.1) is 16.3 Å². The minimum atomic E-state index is -3.93. The molecule has 1 heterocycles. The molecule has 0 saturated heterocycles. The predicted molar refractivity (Wildman–Crippen MR) is 137 cm³/mol. The number of hydrogen-bond donors (Lipinski definition) is 2. The fraction of sp³-hybridized carbons (Fsp3) is 0.154. The van der Waals surface area contributed by atoms with Crippen LogP contribution in [0.3, 0.4) is 0 Å². The van der Waals surface area contributed by atoms with Crippen molar-refractivity contribution in [3.05, 3.63) is 106 Å². The first-order chi connectivity index (χ1) is 16.6. The highest BCUT2D eigenvalue weighted by atomic mass is 32.2. The Hall–Kier alpha value is -4.11. The summed E-state index contributed by atoms with van der Waals surface area (Å²) in [7, 11) is -2.20. The number of nitrogens with one attached hydrogen (secondary N) is 2. The average Bonchev–Trinajstić information content (AvgIpc) is 3.04. The largest absolute Gasteiger partial charge is 0.316 e. The first-order valence-electron chi connectivity index (χ1n) is 10.9. The molecule has 0 bridgehead atoms. The molecule has 4 rings (SSSR count). The van der Waals surface area contributed by atoms with Crippen LogP contribution in [0.5, 0.6) is 0 Å². The van der Waals surface area contributed by atoms with Crippen LogP contribution in [0.25, 0.3) is 5.69 Å². The topological polar surface area (TPSA) is 102 Å². The number of hydrogen-bond acceptors (Lipinski definition) is 4. The van der Waals surface area contributed by atoms with Gasteiger partial charge in [-0.2, -0.15) is 0 Å². The summed E-state index contributed by atoms with van der Waals surface area (Å²) >= 11 is 0. The summed E-state index contributed by atoms with van der Waals surface area (Å²) in [6, 6.07) is 20.4. The molecule has 0 fully saturated rings. The van der Waals surface area contributed by atoms with Crippen LogP contribution in [-0.4, -0.2) is 23.7 Å². The van der Waals surface area contributed by atoms with Crippen molar-refractivity contribution in [2.24, 2.45) is 7.05 Å². The molecular formula is C26H26N4O4S. The Balaban J connectivity index is 1.66. The molecule has 35 heavy (non-hydrogen) atoms. The Kier molecular flexibility index (Phi) is 6.36. The molecule has 0 radical (unpaired) electrons. The molecule has 0 aliphatic rings. The number of aryl methyl sites for hydroxylation is 2. The Morgan fingerprint density at radius 2 is 1.54 bits per heavy atom. The molecule has 1 aromatic heterocycles. The highest BCUT2D eigenvalue weighted by molar-refractivity contribution is 7.92. The van der Waals surface area contributed by atoms with E-state index < -0.39 is 15.9 Å². The van der Waals surface area contributed by atoms with Gasteiger partial charge in [0.1, 0.15) is 5.69 Å². The monoisotopic (exact) mass is 490 g/mol. The third kappa shape index (κ3) is 4.76. The van der Waals surface area contributed by atoms with Crippen molar-refractivity contribution in [3.8, 4) is 5.69 Å². The van der Waals surface area contributed by atoms with Crippen LogP contribution in [0.15, 0.2) is 82.5 Å². The van der Waals surface area contributed by atoms with Gasteiger partial charge in [0, 0.05) is 18.3 Å². The average molecular weight is 491 g/mol. The summed E-state index contributed by atoms with van der Waals surface area (Å²) in [5.41, 5.74) is 3.14. The summed E-state index contributed by atoms with van der Waals surface area (Å²) < 4.78 is 31.5. The van der Waals surface area contributed by atoms with Crippen molar-refractivity contribution < 1.29 is 13.2 Å². The number of amides is 1. The van der Waals surface area contributed by atoms with Crippen molar-refractivity contribution >= 4 is 27.3 Å². The van der Waals surface area contributed by atoms with Gasteiger partial charge in [0.15, 0.2) is 0 Å². The van der Waals surface area contributed by atoms with E-state index in [2.05, 4.69) is 10.0 Å². The lowest BCUT2D eigenvalue weighted by Crippen LogP contribution is -2.23. The lowest BCUT2D eigenvalue weighted by Gasteiger charge is -2.12. The molecule has 1 amide bonds. The van der Waals surface area contributed by atoms with Gasteiger partial charge in [-0.05, 0) is 62.7 Å². The summed E-state index contributed by atoms with van der Waals surface area (Å²) in [6.07, 6.45) is 0. The van der Waals surface area contributed by atoms with E-state index in [1.165, 1.54) is 16.8 Å². The highest BCUT2D eigenvalue weighted by Crippen LogP contribution is 2.21. The molecule has 9 heteroatoms. The number of carbonyl (C=O) groups is 1. The predicted octanol–water partition coefficient (Wildman–Crippen LogP) is 4.15. The van der Waals surface area contributed by atoms with E-state index in [0.29, 0.717) is 22.6 Å². The van der Waals surface area contributed by atoms with E-state index in [-0.39, 0.29) is 21.7 Å². The quantitative estimate of drug-likeness (QED) is 0.424. The molecule has 3 aromatic carbocycles. The first kappa shape index (κ1) is 24.0. The van der Waals surface area contributed by atoms with Gasteiger partial charge in [-0.15, -0.1) is 0 Å². The smallest absolute Gasteiger partial charge is 0.295 e. The maximum absolute atomic E-state index is 13.2. The molecule has 4 aromatic rings. The fourth-order valence-electron chi connectivity index (χ4n) is 3.74. The summed E-state index contributed by atoms with van der Waals surface area (Å²) in [4.78, 5) is 26.3. The molecule has 0 atom stereocenters. The van der Waals surface area contributed by atoms with Crippen LogP contribution in [0.1, 0.15) is 27.2 Å². The number of carbonyl (C=O) groups excluding carboxylic acids is 1. The van der Waals surface area contributed by atoms with Gasteiger partial charge in [0.2, 0.25) is 0 Å². The number of anilines is 2. The summed E-state index contributed by atoms with van der Waals surface area (Å²) in [6.45, 7) is 5.35.